The van der Waals surface area contributed by atoms with E-state index in [1.807, 2.05) is 31.2 Å². The molecule has 2 aliphatic heterocycles. The van der Waals surface area contributed by atoms with Crippen LogP contribution in [0.15, 0.2) is 24.3 Å². The van der Waals surface area contributed by atoms with Crippen molar-refractivity contribution in [2.24, 2.45) is 5.41 Å². The van der Waals surface area contributed by atoms with Crippen LogP contribution < -0.4 is 4.74 Å². The van der Waals surface area contributed by atoms with Crippen molar-refractivity contribution < 1.29 is 19.2 Å². The van der Waals surface area contributed by atoms with Crippen molar-refractivity contribution in [1.82, 2.24) is 0 Å². The molecule has 0 N–H and O–H groups in total. The molecule has 0 radical (unpaired) electrons. The van der Waals surface area contributed by atoms with E-state index in [4.69, 9.17) is 19.2 Å². The zero-order chi connectivity index (χ0) is 13.0. The van der Waals surface area contributed by atoms with Crippen molar-refractivity contribution in [3.63, 3.8) is 0 Å². The molecule has 2 heterocycles. The summed E-state index contributed by atoms with van der Waals surface area (Å²) in [5.41, 5.74) is 0.349. The first-order valence-electron chi connectivity index (χ1n) is 6.11. The summed E-state index contributed by atoms with van der Waals surface area (Å²) in [7, 11) is 1.65. The van der Waals surface area contributed by atoms with Crippen molar-refractivity contribution in [3.8, 4) is 5.75 Å². The average molecular weight is 250 g/mol. The summed E-state index contributed by atoms with van der Waals surface area (Å²) in [6.07, 6.45) is 0. The van der Waals surface area contributed by atoms with Gasteiger partial charge in [-0.3, -0.25) is 0 Å². The third-order valence-corrected chi connectivity index (χ3v) is 4.33. The Hall–Kier alpha value is -1.10. The standard InChI is InChI=1S/C14H18O4/c1-12(2)9-16-14(13(12,3)17-18-14)10-6-5-7-11(8-10)15-4/h5-8H,9H2,1-4H3. The lowest BCUT2D eigenvalue weighted by Crippen LogP contribution is -2.65. The lowest BCUT2D eigenvalue weighted by Gasteiger charge is -2.53. The quantitative estimate of drug-likeness (QED) is 0.756. The highest BCUT2D eigenvalue weighted by molar-refractivity contribution is 5.35. The number of fused-ring (bicyclic) bond motifs is 1. The summed E-state index contributed by atoms with van der Waals surface area (Å²) in [6.45, 7) is 6.87. The van der Waals surface area contributed by atoms with Gasteiger partial charge in [-0.15, -0.1) is 0 Å². The molecular formula is C14H18O4. The van der Waals surface area contributed by atoms with E-state index < -0.39 is 11.4 Å². The fourth-order valence-corrected chi connectivity index (χ4v) is 2.62. The van der Waals surface area contributed by atoms with Gasteiger partial charge in [0.25, 0.3) is 5.79 Å². The fraction of sp³-hybridized carbons (Fsp3) is 0.571. The Morgan fingerprint density at radius 3 is 2.50 bits per heavy atom. The highest BCUT2D eigenvalue weighted by Gasteiger charge is 2.74. The van der Waals surface area contributed by atoms with Crippen LogP contribution in [0.3, 0.4) is 0 Å². The van der Waals surface area contributed by atoms with Crippen molar-refractivity contribution in [1.29, 1.82) is 0 Å². The van der Waals surface area contributed by atoms with Crippen molar-refractivity contribution in [2.45, 2.75) is 32.2 Å². The van der Waals surface area contributed by atoms with Gasteiger partial charge in [-0.2, -0.15) is 4.89 Å². The molecule has 0 spiro atoms. The minimum Gasteiger partial charge on any atom is -0.497 e. The summed E-state index contributed by atoms with van der Waals surface area (Å²) in [5.74, 6) is -0.0292. The van der Waals surface area contributed by atoms with Gasteiger partial charge in [0.15, 0.2) is 5.60 Å². The lowest BCUT2D eigenvalue weighted by molar-refractivity contribution is -0.606. The van der Waals surface area contributed by atoms with Crippen LogP contribution >= 0.6 is 0 Å². The summed E-state index contributed by atoms with van der Waals surface area (Å²) in [6, 6.07) is 7.74. The smallest absolute Gasteiger partial charge is 0.260 e. The van der Waals surface area contributed by atoms with Crippen LogP contribution in [0.25, 0.3) is 0 Å². The monoisotopic (exact) mass is 250 g/mol. The number of benzene rings is 1. The van der Waals surface area contributed by atoms with Crippen LogP contribution in [0, 0.1) is 5.41 Å². The number of hydrogen-bond donors (Lipinski definition) is 0. The normalized spacial score (nSPS) is 36.9. The molecule has 0 aliphatic carbocycles. The first-order valence-corrected chi connectivity index (χ1v) is 6.11. The van der Waals surface area contributed by atoms with Crippen LogP contribution in [0.4, 0.5) is 0 Å². The van der Waals surface area contributed by atoms with Gasteiger partial charge in [0, 0.05) is 11.0 Å². The van der Waals surface area contributed by atoms with E-state index in [0.717, 1.165) is 11.3 Å². The average Bonchev–Trinajstić information content (AvgIpc) is 2.49. The highest BCUT2D eigenvalue weighted by atomic mass is 17.3. The van der Waals surface area contributed by atoms with Gasteiger partial charge in [0.1, 0.15) is 5.75 Å². The lowest BCUT2D eigenvalue weighted by atomic mass is 9.71. The minimum atomic E-state index is -0.814. The van der Waals surface area contributed by atoms with E-state index >= 15 is 0 Å². The Bertz CT molecular complexity index is 484. The SMILES string of the molecule is COc1cccc(C23OCC(C)(C)C2(C)OO3)c1. The molecule has 0 amide bonds. The van der Waals surface area contributed by atoms with Crippen molar-refractivity contribution >= 4 is 0 Å². The molecule has 0 bridgehead atoms. The van der Waals surface area contributed by atoms with E-state index in [2.05, 4.69) is 13.8 Å². The molecule has 1 aromatic carbocycles. The first-order chi connectivity index (χ1) is 8.45. The molecule has 18 heavy (non-hydrogen) atoms. The first kappa shape index (κ1) is 12.0. The molecule has 2 fully saturated rings. The van der Waals surface area contributed by atoms with Crippen LogP contribution in [0.5, 0.6) is 5.75 Å². The molecule has 3 rings (SSSR count). The van der Waals surface area contributed by atoms with Gasteiger partial charge < -0.3 is 9.47 Å². The van der Waals surface area contributed by atoms with Crippen molar-refractivity contribution in [2.75, 3.05) is 13.7 Å². The third-order valence-electron chi connectivity index (χ3n) is 4.33. The number of methoxy groups -OCH3 is 1. The molecule has 2 atom stereocenters. The Balaban J connectivity index is 2.06. The third kappa shape index (κ3) is 1.20. The fourth-order valence-electron chi connectivity index (χ4n) is 2.62. The molecule has 98 valence electrons. The maximum absolute atomic E-state index is 5.94. The summed E-state index contributed by atoms with van der Waals surface area (Å²) in [4.78, 5) is 10.8. The molecule has 0 aromatic heterocycles. The second-order valence-corrected chi connectivity index (χ2v) is 5.72. The van der Waals surface area contributed by atoms with Crippen LogP contribution in [-0.4, -0.2) is 19.3 Å². The number of ether oxygens (including phenoxy) is 2. The van der Waals surface area contributed by atoms with Gasteiger partial charge in [-0.05, 0) is 19.1 Å². The van der Waals surface area contributed by atoms with Crippen LogP contribution in [-0.2, 0) is 20.3 Å². The highest BCUT2D eigenvalue weighted by Crippen LogP contribution is 2.62. The summed E-state index contributed by atoms with van der Waals surface area (Å²) in [5, 5.41) is 0. The molecule has 0 saturated carbocycles. The number of hydrogen-bond acceptors (Lipinski definition) is 4. The minimum absolute atomic E-state index is 0.103. The predicted molar refractivity (Wildman–Crippen MR) is 65.0 cm³/mol. The van der Waals surface area contributed by atoms with Crippen LogP contribution in [0.1, 0.15) is 26.3 Å². The van der Waals surface area contributed by atoms with Gasteiger partial charge >= 0.3 is 0 Å². The second kappa shape index (κ2) is 3.47. The van der Waals surface area contributed by atoms with E-state index in [0.29, 0.717) is 6.61 Å². The summed E-state index contributed by atoms with van der Waals surface area (Å²) >= 11 is 0. The van der Waals surface area contributed by atoms with Crippen LogP contribution in [0.2, 0.25) is 0 Å². The molecule has 4 nitrogen and oxygen atoms in total. The second-order valence-electron chi connectivity index (χ2n) is 5.72. The van der Waals surface area contributed by atoms with Crippen molar-refractivity contribution in [3.05, 3.63) is 29.8 Å². The topological polar surface area (TPSA) is 36.9 Å². The van der Waals surface area contributed by atoms with Gasteiger partial charge in [0.05, 0.1) is 13.7 Å². The Morgan fingerprint density at radius 1 is 1.17 bits per heavy atom. The van der Waals surface area contributed by atoms with E-state index in [9.17, 15) is 0 Å². The molecule has 4 heteroatoms. The summed E-state index contributed by atoms with van der Waals surface area (Å²) < 4.78 is 11.2. The molecule has 2 unspecified atom stereocenters. The zero-order valence-electron chi connectivity index (χ0n) is 11.1. The molecule has 2 saturated heterocycles. The molecule has 2 aliphatic rings. The van der Waals surface area contributed by atoms with Gasteiger partial charge in [0.2, 0.25) is 0 Å². The zero-order valence-corrected chi connectivity index (χ0v) is 11.1. The maximum Gasteiger partial charge on any atom is 0.260 e. The Kier molecular flexibility index (Phi) is 2.31. The van der Waals surface area contributed by atoms with Gasteiger partial charge in [-0.25, -0.2) is 4.89 Å². The largest absolute Gasteiger partial charge is 0.497 e. The molecule has 1 aromatic rings. The maximum atomic E-state index is 5.94. The Labute approximate surface area is 107 Å². The molecular weight excluding hydrogens is 232 g/mol. The van der Waals surface area contributed by atoms with E-state index in [1.165, 1.54) is 0 Å². The predicted octanol–water partition coefficient (Wildman–Crippen LogP) is 2.62. The van der Waals surface area contributed by atoms with Gasteiger partial charge in [-0.1, -0.05) is 26.0 Å². The van der Waals surface area contributed by atoms with E-state index in [1.54, 1.807) is 7.11 Å². The number of rotatable bonds is 2. The van der Waals surface area contributed by atoms with E-state index in [-0.39, 0.29) is 5.41 Å². The Morgan fingerprint density at radius 2 is 1.94 bits per heavy atom.